The molecule has 0 saturated carbocycles. The van der Waals surface area contributed by atoms with Crippen LogP contribution in [-0.2, 0) is 10.2 Å². The van der Waals surface area contributed by atoms with Crippen LogP contribution in [0.1, 0.15) is 46.2 Å². The smallest absolute Gasteiger partial charge is 0.405 e. The highest BCUT2D eigenvalue weighted by Gasteiger charge is 2.33. The predicted molar refractivity (Wildman–Crippen MR) is 81.3 cm³/mol. The molecule has 116 valence electrons. The number of carbonyl (C=O) groups excluding carboxylic acids is 1. The van der Waals surface area contributed by atoms with Crippen LogP contribution in [0.15, 0.2) is 12.4 Å². The van der Waals surface area contributed by atoms with E-state index in [2.05, 4.69) is 30.7 Å². The minimum Gasteiger partial charge on any atom is -0.443 e. The number of amides is 1. The molecule has 0 aromatic carbocycles. The van der Waals surface area contributed by atoms with Gasteiger partial charge in [-0.05, 0) is 6.92 Å². The van der Waals surface area contributed by atoms with E-state index in [0.29, 0.717) is 0 Å². The van der Waals surface area contributed by atoms with Crippen molar-refractivity contribution in [2.45, 2.75) is 51.6 Å². The average molecular weight is 292 g/mol. The maximum atomic E-state index is 10.9. The minimum atomic E-state index is -0.708. The first-order chi connectivity index (χ1) is 9.70. The second kappa shape index (κ2) is 5.50. The van der Waals surface area contributed by atoms with Gasteiger partial charge in [-0.15, -0.1) is 0 Å². The second-order valence-corrected chi connectivity index (χ2v) is 6.87. The number of anilines is 1. The van der Waals surface area contributed by atoms with E-state index in [1.165, 1.54) is 0 Å². The van der Waals surface area contributed by atoms with Crippen LogP contribution < -0.4 is 10.6 Å². The number of carbonyl (C=O) groups is 1. The van der Waals surface area contributed by atoms with E-state index in [0.717, 1.165) is 37.4 Å². The van der Waals surface area contributed by atoms with E-state index in [9.17, 15) is 4.79 Å². The van der Waals surface area contributed by atoms with Crippen LogP contribution in [0.2, 0.25) is 0 Å². The molecule has 0 unspecified atom stereocenters. The fraction of sp³-hybridized carbons (Fsp3) is 0.667. The molecule has 1 aromatic heterocycles. The SMILES string of the molecule is CC1(OC(N)=O)CCN(c2cncc(C(C)(C)C)n2)CC1. The van der Waals surface area contributed by atoms with Crippen molar-refractivity contribution >= 4 is 11.9 Å². The number of primary amides is 1. The number of piperidine rings is 1. The molecule has 1 amide bonds. The maximum absolute atomic E-state index is 10.9. The van der Waals surface area contributed by atoms with Crippen LogP contribution in [0.4, 0.5) is 10.6 Å². The Morgan fingerprint density at radius 2 is 1.95 bits per heavy atom. The molecule has 1 aliphatic heterocycles. The third-order valence-corrected chi connectivity index (χ3v) is 3.88. The van der Waals surface area contributed by atoms with Crippen LogP contribution in [0, 0.1) is 0 Å². The summed E-state index contributed by atoms with van der Waals surface area (Å²) >= 11 is 0. The summed E-state index contributed by atoms with van der Waals surface area (Å²) in [5, 5.41) is 0. The normalized spacial score (nSPS) is 18.4. The van der Waals surface area contributed by atoms with E-state index in [1.807, 2.05) is 13.1 Å². The molecule has 1 saturated heterocycles. The van der Waals surface area contributed by atoms with Crippen molar-refractivity contribution in [1.29, 1.82) is 0 Å². The standard InChI is InChI=1S/C15H24N4O2/c1-14(2,3)11-9-17-10-12(18-11)19-7-5-15(4,6-8-19)21-13(16)20/h9-10H,5-8H2,1-4H3,(H2,16,20). The molecular weight excluding hydrogens is 268 g/mol. The van der Waals surface area contributed by atoms with Crippen molar-refractivity contribution in [3.8, 4) is 0 Å². The molecule has 2 rings (SSSR count). The minimum absolute atomic E-state index is 0.0254. The Labute approximate surface area is 125 Å². The Morgan fingerprint density at radius 1 is 1.33 bits per heavy atom. The van der Waals surface area contributed by atoms with Gasteiger partial charge in [-0.25, -0.2) is 9.78 Å². The lowest BCUT2D eigenvalue weighted by Gasteiger charge is -2.39. The van der Waals surface area contributed by atoms with Crippen molar-refractivity contribution in [2.75, 3.05) is 18.0 Å². The summed E-state index contributed by atoms with van der Waals surface area (Å²) in [5.41, 5.74) is 5.60. The van der Waals surface area contributed by atoms with Crippen molar-refractivity contribution < 1.29 is 9.53 Å². The molecule has 2 N–H and O–H groups in total. The Balaban J connectivity index is 2.07. The molecular formula is C15H24N4O2. The molecule has 1 fully saturated rings. The van der Waals surface area contributed by atoms with E-state index in [-0.39, 0.29) is 5.41 Å². The van der Waals surface area contributed by atoms with Crippen LogP contribution in [0.5, 0.6) is 0 Å². The summed E-state index contributed by atoms with van der Waals surface area (Å²) in [7, 11) is 0. The molecule has 1 aliphatic rings. The number of rotatable bonds is 2. The molecule has 0 bridgehead atoms. The summed E-state index contributed by atoms with van der Waals surface area (Å²) in [5.74, 6) is 0.878. The highest BCUT2D eigenvalue weighted by Crippen LogP contribution is 2.29. The summed E-state index contributed by atoms with van der Waals surface area (Å²) in [6.45, 7) is 9.82. The zero-order valence-electron chi connectivity index (χ0n) is 13.2. The molecule has 1 aromatic rings. The van der Waals surface area contributed by atoms with E-state index < -0.39 is 11.7 Å². The van der Waals surface area contributed by atoms with Gasteiger partial charge >= 0.3 is 6.09 Å². The van der Waals surface area contributed by atoms with Crippen LogP contribution in [-0.4, -0.2) is 34.8 Å². The summed E-state index contributed by atoms with van der Waals surface area (Å²) in [4.78, 5) is 22.1. The third kappa shape index (κ3) is 3.83. The summed E-state index contributed by atoms with van der Waals surface area (Å²) < 4.78 is 5.22. The first kappa shape index (κ1) is 15.5. The molecule has 21 heavy (non-hydrogen) atoms. The fourth-order valence-electron chi connectivity index (χ4n) is 2.42. The van der Waals surface area contributed by atoms with Gasteiger partial charge in [0.1, 0.15) is 11.4 Å². The first-order valence-electron chi connectivity index (χ1n) is 7.26. The Hall–Kier alpha value is -1.85. The quantitative estimate of drug-likeness (QED) is 0.904. The number of ether oxygens (including phenoxy) is 1. The van der Waals surface area contributed by atoms with Gasteiger partial charge < -0.3 is 15.4 Å². The number of nitrogens with zero attached hydrogens (tertiary/aromatic N) is 3. The number of nitrogens with two attached hydrogens (primary N) is 1. The maximum Gasteiger partial charge on any atom is 0.405 e. The van der Waals surface area contributed by atoms with Gasteiger partial charge in [-0.2, -0.15) is 0 Å². The number of hydrogen-bond donors (Lipinski definition) is 1. The van der Waals surface area contributed by atoms with Crippen molar-refractivity contribution in [3.05, 3.63) is 18.1 Å². The number of hydrogen-bond acceptors (Lipinski definition) is 5. The van der Waals surface area contributed by atoms with Crippen molar-refractivity contribution in [3.63, 3.8) is 0 Å². The first-order valence-corrected chi connectivity index (χ1v) is 7.26. The van der Waals surface area contributed by atoms with Gasteiger partial charge in [0, 0.05) is 37.5 Å². The molecule has 0 atom stereocenters. The molecule has 0 aliphatic carbocycles. The predicted octanol–water partition coefficient (Wildman–Crippen LogP) is 2.23. The van der Waals surface area contributed by atoms with E-state index in [4.69, 9.17) is 15.5 Å². The van der Waals surface area contributed by atoms with Gasteiger partial charge in [0.2, 0.25) is 0 Å². The lowest BCUT2D eigenvalue weighted by molar-refractivity contribution is 0.0126. The van der Waals surface area contributed by atoms with E-state index >= 15 is 0 Å². The highest BCUT2D eigenvalue weighted by atomic mass is 16.6. The van der Waals surface area contributed by atoms with Gasteiger partial charge in [-0.1, -0.05) is 20.8 Å². The summed E-state index contributed by atoms with van der Waals surface area (Å²) in [6, 6.07) is 0. The molecule has 2 heterocycles. The Bertz CT molecular complexity index is 517. The summed E-state index contributed by atoms with van der Waals surface area (Å²) in [6.07, 6.45) is 4.36. The average Bonchev–Trinajstić information content (AvgIpc) is 2.37. The Kier molecular flexibility index (Phi) is 4.07. The third-order valence-electron chi connectivity index (χ3n) is 3.88. The largest absolute Gasteiger partial charge is 0.443 e. The topological polar surface area (TPSA) is 81.3 Å². The second-order valence-electron chi connectivity index (χ2n) is 6.87. The van der Waals surface area contributed by atoms with E-state index in [1.54, 1.807) is 6.20 Å². The Morgan fingerprint density at radius 3 is 2.48 bits per heavy atom. The molecule has 0 spiro atoms. The van der Waals surface area contributed by atoms with Crippen LogP contribution >= 0.6 is 0 Å². The number of aromatic nitrogens is 2. The van der Waals surface area contributed by atoms with Gasteiger partial charge in [0.15, 0.2) is 0 Å². The van der Waals surface area contributed by atoms with Gasteiger partial charge in [-0.3, -0.25) is 4.98 Å². The lowest BCUT2D eigenvalue weighted by atomic mass is 9.92. The molecule has 6 nitrogen and oxygen atoms in total. The monoisotopic (exact) mass is 292 g/mol. The van der Waals surface area contributed by atoms with Gasteiger partial charge in [0.25, 0.3) is 0 Å². The van der Waals surface area contributed by atoms with Crippen molar-refractivity contribution in [2.24, 2.45) is 5.73 Å². The van der Waals surface area contributed by atoms with Crippen LogP contribution in [0.25, 0.3) is 0 Å². The molecule has 6 heteroatoms. The fourth-order valence-corrected chi connectivity index (χ4v) is 2.42. The zero-order valence-corrected chi connectivity index (χ0v) is 13.2. The molecule has 0 radical (unpaired) electrons. The van der Waals surface area contributed by atoms with Crippen LogP contribution in [0.3, 0.4) is 0 Å². The van der Waals surface area contributed by atoms with Gasteiger partial charge in [0.05, 0.1) is 11.9 Å². The van der Waals surface area contributed by atoms with Crippen molar-refractivity contribution in [1.82, 2.24) is 9.97 Å². The lowest BCUT2D eigenvalue weighted by Crippen LogP contribution is -2.46. The zero-order chi connectivity index (χ0) is 15.7. The highest BCUT2D eigenvalue weighted by molar-refractivity contribution is 5.65.